The molecule has 6 heteroatoms. The molecule has 0 aromatic heterocycles. The summed E-state index contributed by atoms with van der Waals surface area (Å²) < 4.78 is 25.6. The number of ether oxygens (including phenoxy) is 1. The minimum Gasteiger partial charge on any atom is -0.507 e. The van der Waals surface area contributed by atoms with Crippen molar-refractivity contribution in [2.75, 3.05) is 20.3 Å². The zero-order valence-electron chi connectivity index (χ0n) is 10.2. The molecule has 2 atom stereocenters. The third-order valence-electron chi connectivity index (χ3n) is 3.61. The van der Waals surface area contributed by atoms with Crippen LogP contribution in [0.3, 0.4) is 0 Å². The number of phenols is 1. The summed E-state index contributed by atoms with van der Waals surface area (Å²) in [4.78, 5) is 0. The van der Waals surface area contributed by atoms with Gasteiger partial charge in [0.05, 0.1) is 19.0 Å². The molecule has 0 aliphatic carbocycles. The molecule has 1 aromatic rings. The summed E-state index contributed by atoms with van der Waals surface area (Å²) >= 11 is 0. The first-order valence-electron chi connectivity index (χ1n) is 6.04. The maximum Gasteiger partial charge on any atom is 0.306 e. The maximum absolute atomic E-state index is 13.0. The minimum absolute atomic E-state index is 0.00619. The molecule has 3 rings (SSSR count). The molecular weight excluding hydrogens is 253 g/mol. The van der Waals surface area contributed by atoms with Crippen LogP contribution in [0, 0.1) is 0 Å². The van der Waals surface area contributed by atoms with Crippen LogP contribution < -0.4 is 10.0 Å². The number of benzene rings is 1. The standard InChI is InChI=1S/C12H16NO4P/c1-16-10-4-5-11(14)12(7-10)18(15)13-6-2-3-9(13)8-17-18/h4-5,7,9,14H,2-3,6,8H2,1H3/t9-,18+/m0/s1. The fourth-order valence-corrected chi connectivity index (χ4v) is 5.27. The number of aromatic hydroxyl groups is 1. The second-order valence-electron chi connectivity index (χ2n) is 4.63. The summed E-state index contributed by atoms with van der Waals surface area (Å²) in [6.07, 6.45) is 2.04. The molecule has 2 fully saturated rings. The quantitative estimate of drug-likeness (QED) is 0.828. The normalized spacial score (nSPS) is 31.5. The Kier molecular flexibility index (Phi) is 2.85. The van der Waals surface area contributed by atoms with Gasteiger partial charge in [0, 0.05) is 12.6 Å². The number of hydrogen-bond acceptors (Lipinski definition) is 4. The van der Waals surface area contributed by atoms with Crippen LogP contribution in [0.1, 0.15) is 12.8 Å². The molecule has 0 radical (unpaired) electrons. The molecule has 0 bridgehead atoms. The van der Waals surface area contributed by atoms with Crippen molar-refractivity contribution in [3.05, 3.63) is 18.2 Å². The predicted molar refractivity (Wildman–Crippen MR) is 67.6 cm³/mol. The third kappa shape index (κ3) is 1.66. The Hall–Kier alpha value is -1.03. The molecule has 0 spiro atoms. The van der Waals surface area contributed by atoms with E-state index in [9.17, 15) is 9.67 Å². The van der Waals surface area contributed by atoms with Gasteiger partial charge in [0.15, 0.2) is 0 Å². The molecule has 5 nitrogen and oxygen atoms in total. The number of methoxy groups -OCH3 is 1. The van der Waals surface area contributed by atoms with Crippen LogP contribution in [-0.4, -0.2) is 36.1 Å². The topological polar surface area (TPSA) is 59.0 Å². The lowest BCUT2D eigenvalue weighted by molar-refractivity contribution is 0.330. The van der Waals surface area contributed by atoms with Gasteiger partial charge in [0.2, 0.25) is 0 Å². The van der Waals surface area contributed by atoms with Crippen LogP contribution >= 0.6 is 7.52 Å². The monoisotopic (exact) mass is 269 g/mol. The van der Waals surface area contributed by atoms with E-state index < -0.39 is 7.52 Å². The number of hydrogen-bond donors (Lipinski definition) is 1. The fourth-order valence-electron chi connectivity index (χ4n) is 2.66. The van der Waals surface area contributed by atoms with Gasteiger partial charge in [-0.05, 0) is 31.0 Å². The van der Waals surface area contributed by atoms with E-state index in [4.69, 9.17) is 9.26 Å². The molecule has 98 valence electrons. The first kappa shape index (κ1) is 12.0. The van der Waals surface area contributed by atoms with Crippen molar-refractivity contribution in [3.8, 4) is 11.5 Å². The first-order valence-corrected chi connectivity index (χ1v) is 7.62. The molecule has 2 heterocycles. The highest BCUT2D eigenvalue weighted by molar-refractivity contribution is 7.65. The van der Waals surface area contributed by atoms with Crippen LogP contribution in [0.25, 0.3) is 0 Å². The summed E-state index contributed by atoms with van der Waals surface area (Å²) in [5.74, 6) is 0.580. The summed E-state index contributed by atoms with van der Waals surface area (Å²) in [5, 5.41) is 10.3. The van der Waals surface area contributed by atoms with E-state index in [2.05, 4.69) is 0 Å². The third-order valence-corrected chi connectivity index (χ3v) is 6.28. The Morgan fingerprint density at radius 3 is 3.17 bits per heavy atom. The summed E-state index contributed by atoms with van der Waals surface area (Å²) in [6.45, 7) is 1.24. The highest BCUT2D eigenvalue weighted by atomic mass is 31.2. The average Bonchev–Trinajstić information content (AvgIpc) is 2.95. The highest BCUT2D eigenvalue weighted by Gasteiger charge is 2.48. The van der Waals surface area contributed by atoms with E-state index in [0.29, 0.717) is 17.7 Å². The Morgan fingerprint density at radius 2 is 2.39 bits per heavy atom. The molecule has 0 unspecified atom stereocenters. The van der Waals surface area contributed by atoms with Crippen LogP contribution in [0.15, 0.2) is 18.2 Å². The first-order chi connectivity index (χ1) is 8.65. The van der Waals surface area contributed by atoms with Crippen LogP contribution in [0.2, 0.25) is 0 Å². The lowest BCUT2D eigenvalue weighted by Crippen LogP contribution is -2.24. The number of fused-ring (bicyclic) bond motifs is 1. The van der Waals surface area contributed by atoms with E-state index in [1.54, 1.807) is 19.2 Å². The average molecular weight is 269 g/mol. The van der Waals surface area contributed by atoms with E-state index >= 15 is 0 Å². The van der Waals surface area contributed by atoms with Crippen molar-refractivity contribution < 1.29 is 18.9 Å². The van der Waals surface area contributed by atoms with Gasteiger partial charge in [0.25, 0.3) is 0 Å². The van der Waals surface area contributed by atoms with Crippen molar-refractivity contribution >= 4 is 12.8 Å². The predicted octanol–water partition coefficient (Wildman–Crippen LogP) is 1.71. The van der Waals surface area contributed by atoms with Gasteiger partial charge >= 0.3 is 7.52 Å². The van der Waals surface area contributed by atoms with Crippen LogP contribution in [-0.2, 0) is 9.09 Å². The van der Waals surface area contributed by atoms with Crippen molar-refractivity contribution in [1.29, 1.82) is 0 Å². The molecule has 18 heavy (non-hydrogen) atoms. The Labute approximate surface area is 106 Å². The van der Waals surface area contributed by atoms with Crippen molar-refractivity contribution in [2.24, 2.45) is 0 Å². The van der Waals surface area contributed by atoms with Gasteiger partial charge in [-0.2, -0.15) is 0 Å². The highest BCUT2D eigenvalue weighted by Crippen LogP contribution is 2.59. The van der Waals surface area contributed by atoms with Gasteiger partial charge in [-0.15, -0.1) is 0 Å². The Balaban J connectivity index is 2.06. The van der Waals surface area contributed by atoms with E-state index in [-0.39, 0.29) is 11.8 Å². The van der Waals surface area contributed by atoms with Crippen molar-refractivity contribution in [1.82, 2.24) is 4.67 Å². The van der Waals surface area contributed by atoms with Gasteiger partial charge in [0.1, 0.15) is 11.5 Å². The van der Waals surface area contributed by atoms with Gasteiger partial charge in [-0.1, -0.05) is 0 Å². The second kappa shape index (κ2) is 4.26. The molecular formula is C12H16NO4P. The zero-order chi connectivity index (χ0) is 12.8. The summed E-state index contributed by atoms with van der Waals surface area (Å²) in [6, 6.07) is 4.97. The Morgan fingerprint density at radius 1 is 1.56 bits per heavy atom. The minimum atomic E-state index is -3.10. The smallest absolute Gasteiger partial charge is 0.306 e. The van der Waals surface area contributed by atoms with E-state index in [0.717, 1.165) is 19.4 Å². The zero-order valence-corrected chi connectivity index (χ0v) is 11.1. The van der Waals surface area contributed by atoms with Gasteiger partial charge < -0.3 is 14.4 Å². The fraction of sp³-hybridized carbons (Fsp3) is 0.500. The number of nitrogens with zero attached hydrogens (tertiary/aromatic N) is 1. The Bertz CT molecular complexity index is 519. The molecule has 1 aromatic carbocycles. The molecule has 2 saturated heterocycles. The molecule has 0 amide bonds. The SMILES string of the molecule is COc1ccc(O)c([P@@]2(=O)OC[C@@H]3CCCN32)c1. The molecule has 2 aliphatic rings. The summed E-state index contributed by atoms with van der Waals surface area (Å²) in [7, 11) is -1.56. The van der Waals surface area contributed by atoms with Crippen LogP contribution in [0.5, 0.6) is 11.5 Å². The summed E-state index contributed by atoms with van der Waals surface area (Å²) in [5.41, 5.74) is 0. The lowest BCUT2D eigenvalue weighted by Gasteiger charge is -2.22. The van der Waals surface area contributed by atoms with E-state index in [1.165, 1.54) is 6.07 Å². The lowest BCUT2D eigenvalue weighted by atomic mass is 10.2. The second-order valence-corrected chi connectivity index (χ2v) is 6.92. The van der Waals surface area contributed by atoms with Crippen LogP contribution in [0.4, 0.5) is 0 Å². The number of rotatable bonds is 2. The molecule has 0 saturated carbocycles. The van der Waals surface area contributed by atoms with Gasteiger partial charge in [-0.3, -0.25) is 4.57 Å². The largest absolute Gasteiger partial charge is 0.507 e. The molecule has 1 N–H and O–H groups in total. The van der Waals surface area contributed by atoms with Gasteiger partial charge in [-0.25, -0.2) is 4.67 Å². The van der Waals surface area contributed by atoms with Crippen molar-refractivity contribution in [3.63, 3.8) is 0 Å². The van der Waals surface area contributed by atoms with E-state index in [1.807, 2.05) is 4.67 Å². The van der Waals surface area contributed by atoms with Crippen molar-refractivity contribution in [2.45, 2.75) is 18.9 Å². The number of phenolic OH excluding ortho intramolecular Hbond substituents is 1. The maximum atomic E-state index is 13.0. The molecule has 2 aliphatic heterocycles.